The topological polar surface area (TPSA) is 66.4 Å². The third kappa shape index (κ3) is 3.02. The molecule has 1 aliphatic rings. The van der Waals surface area contributed by atoms with E-state index in [9.17, 15) is 14.7 Å². The van der Waals surface area contributed by atoms with Gasteiger partial charge in [0.1, 0.15) is 0 Å². The zero-order valence-corrected chi connectivity index (χ0v) is 16.6. The molecule has 0 aromatic heterocycles. The second-order valence-corrected chi connectivity index (χ2v) is 7.96. The smallest absolute Gasteiger partial charge is 0.261 e. The Morgan fingerprint density at radius 2 is 1.92 bits per heavy atom. The summed E-state index contributed by atoms with van der Waals surface area (Å²) in [7, 11) is 0. The first kappa shape index (κ1) is 17.9. The first-order valence-electron chi connectivity index (χ1n) is 6.74. The third-order valence-electron chi connectivity index (χ3n) is 3.76. The Kier molecular flexibility index (Phi) is 4.79. The van der Waals surface area contributed by atoms with Crippen LogP contribution in [0.25, 0.3) is 0 Å². The van der Waals surface area contributed by atoms with E-state index < -0.39 is 23.7 Å². The van der Waals surface area contributed by atoms with Crippen molar-refractivity contribution in [3.63, 3.8) is 0 Å². The highest BCUT2D eigenvalue weighted by molar-refractivity contribution is 9.11. The monoisotopic (exact) mass is 491 g/mol. The molecule has 124 valence electrons. The molecule has 0 aliphatic carbocycles. The summed E-state index contributed by atoms with van der Waals surface area (Å²) in [5.41, 5.74) is -1.18. The Morgan fingerprint density at radius 1 is 1.21 bits per heavy atom. The van der Waals surface area contributed by atoms with Crippen LogP contribution in [0.4, 0.5) is 5.69 Å². The predicted octanol–water partition coefficient (Wildman–Crippen LogP) is 4.93. The molecule has 8 heteroatoms. The zero-order chi connectivity index (χ0) is 17.6. The minimum atomic E-state index is -2.02. The second-order valence-electron chi connectivity index (χ2n) is 5.35. The lowest BCUT2D eigenvalue weighted by atomic mass is 9.88. The van der Waals surface area contributed by atoms with Crippen molar-refractivity contribution >= 4 is 72.4 Å². The number of ketones is 1. The van der Waals surface area contributed by atoms with Crippen molar-refractivity contribution < 1.29 is 14.7 Å². The van der Waals surface area contributed by atoms with Crippen molar-refractivity contribution in [2.24, 2.45) is 0 Å². The number of hydrogen-bond donors (Lipinski definition) is 2. The van der Waals surface area contributed by atoms with Gasteiger partial charge in [-0.15, -0.1) is 0 Å². The van der Waals surface area contributed by atoms with Crippen LogP contribution in [0.2, 0.25) is 10.0 Å². The van der Waals surface area contributed by atoms with E-state index in [4.69, 9.17) is 23.2 Å². The van der Waals surface area contributed by atoms with E-state index in [1.165, 1.54) is 12.1 Å². The van der Waals surface area contributed by atoms with Crippen molar-refractivity contribution in [1.82, 2.24) is 0 Å². The van der Waals surface area contributed by atoms with Crippen LogP contribution >= 0.6 is 55.1 Å². The Labute approximate surface area is 164 Å². The lowest BCUT2D eigenvalue weighted by molar-refractivity contribution is -0.133. The van der Waals surface area contributed by atoms with Crippen molar-refractivity contribution in [1.29, 1.82) is 0 Å². The SMILES string of the molecule is O=C(C[C@]1(O)C(=O)Nc2c(Cl)cc(Cl)cc21)c1ccc(Br)cc1Br. The Hall–Kier alpha value is -0.920. The summed E-state index contributed by atoms with van der Waals surface area (Å²) in [4.78, 5) is 24.9. The quantitative estimate of drug-likeness (QED) is 0.596. The number of amides is 1. The van der Waals surface area contributed by atoms with Gasteiger partial charge in [-0.05, 0) is 30.3 Å². The molecule has 0 radical (unpaired) electrons. The zero-order valence-electron chi connectivity index (χ0n) is 11.9. The molecule has 1 heterocycles. The molecule has 2 aromatic carbocycles. The van der Waals surface area contributed by atoms with E-state index in [0.717, 1.165) is 4.47 Å². The number of halogens is 4. The van der Waals surface area contributed by atoms with Crippen molar-refractivity contribution in [2.75, 3.05) is 5.32 Å². The van der Waals surface area contributed by atoms with Gasteiger partial charge < -0.3 is 10.4 Å². The van der Waals surface area contributed by atoms with Gasteiger partial charge in [-0.1, -0.05) is 55.1 Å². The molecule has 3 rings (SSSR count). The summed E-state index contributed by atoms with van der Waals surface area (Å²) in [6, 6.07) is 7.93. The fourth-order valence-electron chi connectivity index (χ4n) is 2.58. The predicted molar refractivity (Wildman–Crippen MR) is 99.8 cm³/mol. The summed E-state index contributed by atoms with van der Waals surface area (Å²) in [5, 5.41) is 13.9. The molecule has 0 saturated carbocycles. The van der Waals surface area contributed by atoms with Crippen LogP contribution in [-0.4, -0.2) is 16.8 Å². The number of benzene rings is 2. The average Bonchev–Trinajstić information content (AvgIpc) is 2.72. The van der Waals surface area contributed by atoms with Gasteiger partial charge in [0, 0.05) is 25.1 Å². The van der Waals surface area contributed by atoms with Crippen LogP contribution in [0.15, 0.2) is 39.3 Å². The molecule has 0 unspecified atom stereocenters. The Bertz CT molecular complexity index is 888. The van der Waals surface area contributed by atoms with Gasteiger partial charge in [0.15, 0.2) is 11.4 Å². The highest BCUT2D eigenvalue weighted by Crippen LogP contribution is 2.44. The first-order chi connectivity index (χ1) is 11.2. The van der Waals surface area contributed by atoms with E-state index in [1.807, 2.05) is 0 Å². The lowest BCUT2D eigenvalue weighted by Gasteiger charge is -2.20. The molecule has 0 fully saturated rings. The summed E-state index contributed by atoms with van der Waals surface area (Å²) < 4.78 is 1.36. The maximum absolute atomic E-state index is 12.6. The van der Waals surface area contributed by atoms with Crippen LogP contribution in [0, 0.1) is 0 Å². The third-order valence-corrected chi connectivity index (χ3v) is 5.43. The number of anilines is 1. The molecular formula is C16H9Br2Cl2NO3. The fraction of sp³-hybridized carbons (Fsp3) is 0.125. The summed E-state index contributed by atoms with van der Waals surface area (Å²) >= 11 is 18.6. The minimum Gasteiger partial charge on any atom is -0.375 e. The van der Waals surface area contributed by atoms with Crippen LogP contribution in [0.5, 0.6) is 0 Å². The number of carbonyl (C=O) groups excluding carboxylic acids is 2. The number of nitrogens with one attached hydrogen (secondary N) is 1. The summed E-state index contributed by atoms with van der Waals surface area (Å²) in [5.74, 6) is -1.10. The van der Waals surface area contributed by atoms with E-state index in [1.54, 1.807) is 18.2 Å². The molecule has 1 aliphatic heterocycles. The molecule has 4 nitrogen and oxygen atoms in total. The molecule has 0 bridgehead atoms. The summed E-state index contributed by atoms with van der Waals surface area (Å²) in [6.07, 6.45) is -0.428. The standard InChI is InChI=1S/C16H9Br2Cl2NO3/c17-7-1-2-9(11(18)3-7)13(22)6-16(24)10-4-8(19)5-12(20)14(10)21-15(16)23/h1-5,24H,6H2,(H,21,23)/t16-/m1/s1. The average molecular weight is 494 g/mol. The molecule has 24 heavy (non-hydrogen) atoms. The van der Waals surface area contributed by atoms with Gasteiger partial charge in [-0.2, -0.15) is 0 Å². The number of Topliss-reactive ketones (excluding diaryl/α,β-unsaturated/α-hetero) is 1. The molecular weight excluding hydrogens is 485 g/mol. The van der Waals surface area contributed by atoms with Gasteiger partial charge in [-0.3, -0.25) is 9.59 Å². The highest BCUT2D eigenvalue weighted by atomic mass is 79.9. The lowest BCUT2D eigenvalue weighted by Crippen LogP contribution is -2.36. The van der Waals surface area contributed by atoms with Crippen LogP contribution in [0.3, 0.4) is 0 Å². The molecule has 0 spiro atoms. The number of aliphatic hydroxyl groups is 1. The molecule has 0 saturated heterocycles. The van der Waals surface area contributed by atoms with E-state index in [-0.39, 0.29) is 21.3 Å². The van der Waals surface area contributed by atoms with E-state index in [0.29, 0.717) is 10.0 Å². The Morgan fingerprint density at radius 3 is 2.58 bits per heavy atom. The fourth-order valence-corrected chi connectivity index (χ4v) is 4.39. The van der Waals surface area contributed by atoms with E-state index in [2.05, 4.69) is 37.2 Å². The molecule has 2 aromatic rings. The summed E-state index contributed by atoms with van der Waals surface area (Å²) in [6.45, 7) is 0. The van der Waals surface area contributed by atoms with Crippen LogP contribution in [0.1, 0.15) is 22.3 Å². The van der Waals surface area contributed by atoms with Gasteiger partial charge in [0.05, 0.1) is 17.1 Å². The van der Waals surface area contributed by atoms with Crippen molar-refractivity contribution in [3.05, 3.63) is 60.4 Å². The maximum Gasteiger partial charge on any atom is 0.261 e. The van der Waals surface area contributed by atoms with Gasteiger partial charge in [-0.25, -0.2) is 0 Å². The number of rotatable bonds is 3. The Balaban J connectivity index is 2.01. The second kappa shape index (κ2) is 6.42. The van der Waals surface area contributed by atoms with Crippen LogP contribution < -0.4 is 5.32 Å². The molecule has 1 atom stereocenters. The van der Waals surface area contributed by atoms with Gasteiger partial charge in [0.25, 0.3) is 5.91 Å². The molecule has 2 N–H and O–H groups in total. The van der Waals surface area contributed by atoms with Gasteiger partial charge in [0.2, 0.25) is 0 Å². The molecule has 1 amide bonds. The highest BCUT2D eigenvalue weighted by Gasteiger charge is 2.48. The van der Waals surface area contributed by atoms with Crippen molar-refractivity contribution in [3.8, 4) is 0 Å². The largest absolute Gasteiger partial charge is 0.375 e. The maximum atomic E-state index is 12.6. The number of hydrogen-bond acceptors (Lipinski definition) is 3. The van der Waals surface area contributed by atoms with Crippen LogP contribution in [-0.2, 0) is 10.4 Å². The number of carbonyl (C=O) groups is 2. The van der Waals surface area contributed by atoms with Crippen molar-refractivity contribution in [2.45, 2.75) is 12.0 Å². The normalized spacial score (nSPS) is 19.1. The minimum absolute atomic E-state index is 0.201. The van der Waals surface area contributed by atoms with Gasteiger partial charge >= 0.3 is 0 Å². The first-order valence-corrected chi connectivity index (χ1v) is 9.08. The number of fused-ring (bicyclic) bond motifs is 1. The van der Waals surface area contributed by atoms with E-state index >= 15 is 0 Å².